The summed E-state index contributed by atoms with van der Waals surface area (Å²) in [6, 6.07) is 2.26. The van der Waals surface area contributed by atoms with E-state index in [1.54, 1.807) is 6.92 Å². The van der Waals surface area contributed by atoms with Crippen molar-refractivity contribution in [2.45, 2.75) is 37.6 Å². The predicted octanol–water partition coefficient (Wildman–Crippen LogP) is 2.82. The number of rotatable bonds is 5. The van der Waals surface area contributed by atoms with Crippen LogP contribution >= 0.6 is 0 Å². The van der Waals surface area contributed by atoms with E-state index in [4.69, 9.17) is 9.26 Å². The molecular weight excluding hydrogens is 370 g/mol. The van der Waals surface area contributed by atoms with Crippen molar-refractivity contribution in [1.82, 2.24) is 15.5 Å². The molecule has 1 aromatic heterocycles. The molecule has 0 saturated carbocycles. The fourth-order valence-electron chi connectivity index (χ4n) is 2.91. The molecule has 2 heterocycles. The molecule has 0 atom stereocenters. The molecule has 146 valence electrons. The van der Waals surface area contributed by atoms with Gasteiger partial charge in [-0.1, -0.05) is 18.1 Å². The first-order valence-corrected chi connectivity index (χ1v) is 8.36. The third-order valence-electron chi connectivity index (χ3n) is 4.45. The van der Waals surface area contributed by atoms with Crippen molar-refractivity contribution in [2.24, 2.45) is 0 Å². The second-order valence-electron chi connectivity index (χ2n) is 6.19. The maximum absolute atomic E-state index is 14.6. The number of nitrogens with one attached hydrogen (secondary N) is 1. The summed E-state index contributed by atoms with van der Waals surface area (Å²) < 4.78 is 67.1. The Hall–Kier alpha value is -2.49. The van der Waals surface area contributed by atoms with E-state index in [9.17, 15) is 22.4 Å². The highest BCUT2D eigenvalue weighted by Gasteiger charge is 2.51. The van der Waals surface area contributed by atoms with Crippen molar-refractivity contribution < 1.29 is 31.6 Å². The summed E-state index contributed by atoms with van der Waals surface area (Å²) in [4.78, 5) is 16.5. The van der Waals surface area contributed by atoms with Gasteiger partial charge in [-0.25, -0.2) is 8.78 Å². The molecule has 2 aromatic rings. The zero-order chi connectivity index (χ0) is 19.7. The van der Waals surface area contributed by atoms with E-state index in [-0.39, 0.29) is 31.9 Å². The number of halogens is 4. The monoisotopic (exact) mass is 387 g/mol. The standard InChI is InChI=1S/C17H17F4N3O3/c1-2-12-22-15(27-24-12)16(6-8-26-9-7-16)23-14(25)17(20,21)13-10(18)4-3-5-11(13)19/h3-5H,2,6-9H2,1H3,(H,23,25). The van der Waals surface area contributed by atoms with Gasteiger partial charge in [0.15, 0.2) is 5.82 Å². The van der Waals surface area contributed by atoms with Crippen LogP contribution in [-0.4, -0.2) is 29.3 Å². The second-order valence-corrected chi connectivity index (χ2v) is 6.19. The van der Waals surface area contributed by atoms with E-state index in [1.807, 2.05) is 0 Å². The highest BCUT2D eigenvalue weighted by atomic mass is 19.3. The van der Waals surface area contributed by atoms with Crippen LogP contribution in [0.2, 0.25) is 0 Å². The molecule has 27 heavy (non-hydrogen) atoms. The van der Waals surface area contributed by atoms with Gasteiger partial charge < -0.3 is 14.6 Å². The first kappa shape index (κ1) is 19.3. The highest BCUT2D eigenvalue weighted by molar-refractivity contribution is 5.85. The first-order valence-electron chi connectivity index (χ1n) is 8.36. The number of aryl methyl sites for hydroxylation is 1. The molecule has 0 spiro atoms. The van der Waals surface area contributed by atoms with Crippen LogP contribution in [0.4, 0.5) is 17.6 Å². The molecule has 1 amide bonds. The van der Waals surface area contributed by atoms with Gasteiger partial charge in [0.1, 0.15) is 22.7 Å². The van der Waals surface area contributed by atoms with Crippen LogP contribution in [0.3, 0.4) is 0 Å². The average Bonchev–Trinajstić information content (AvgIpc) is 3.12. The average molecular weight is 387 g/mol. The Labute approximate surface area is 151 Å². The van der Waals surface area contributed by atoms with Gasteiger partial charge in [0.2, 0.25) is 0 Å². The number of benzene rings is 1. The van der Waals surface area contributed by atoms with Crippen LogP contribution in [0.5, 0.6) is 0 Å². The lowest BCUT2D eigenvalue weighted by Gasteiger charge is -2.35. The molecular formula is C17H17F4N3O3. The number of nitrogens with zero attached hydrogens (tertiary/aromatic N) is 2. The third-order valence-corrected chi connectivity index (χ3v) is 4.45. The molecule has 1 fully saturated rings. The van der Waals surface area contributed by atoms with Crippen molar-refractivity contribution in [1.29, 1.82) is 0 Å². The Kier molecular flexibility index (Phi) is 5.18. The molecule has 3 rings (SSSR count). The zero-order valence-electron chi connectivity index (χ0n) is 14.4. The number of hydrogen-bond donors (Lipinski definition) is 1. The topological polar surface area (TPSA) is 77.2 Å². The molecule has 10 heteroatoms. The summed E-state index contributed by atoms with van der Waals surface area (Å²) in [6.07, 6.45) is 0.639. The Morgan fingerprint density at radius 3 is 2.44 bits per heavy atom. The van der Waals surface area contributed by atoms with Gasteiger partial charge in [0.05, 0.1) is 0 Å². The fourth-order valence-corrected chi connectivity index (χ4v) is 2.91. The summed E-state index contributed by atoms with van der Waals surface area (Å²) in [5.41, 5.74) is -3.01. The molecule has 0 bridgehead atoms. The lowest BCUT2D eigenvalue weighted by Crippen LogP contribution is -2.54. The van der Waals surface area contributed by atoms with Crippen molar-refractivity contribution >= 4 is 5.91 Å². The molecule has 6 nitrogen and oxygen atoms in total. The summed E-state index contributed by atoms with van der Waals surface area (Å²) in [7, 11) is 0. The Bertz CT molecular complexity index is 814. The molecule has 1 N–H and O–H groups in total. The van der Waals surface area contributed by atoms with Crippen molar-refractivity contribution in [3.05, 3.63) is 47.1 Å². The van der Waals surface area contributed by atoms with Gasteiger partial charge >= 0.3 is 5.92 Å². The second kappa shape index (κ2) is 7.26. The van der Waals surface area contributed by atoms with Crippen LogP contribution in [-0.2, 0) is 27.4 Å². The van der Waals surface area contributed by atoms with Gasteiger partial charge in [-0.3, -0.25) is 4.79 Å². The molecule has 1 aliphatic heterocycles. The van der Waals surface area contributed by atoms with E-state index in [0.29, 0.717) is 24.4 Å². The van der Waals surface area contributed by atoms with Crippen LogP contribution in [0.1, 0.15) is 37.0 Å². The van der Waals surface area contributed by atoms with Gasteiger partial charge in [-0.2, -0.15) is 13.8 Å². The number of alkyl halides is 2. The zero-order valence-corrected chi connectivity index (χ0v) is 14.4. The Balaban J connectivity index is 1.95. The van der Waals surface area contributed by atoms with Gasteiger partial charge in [-0.05, 0) is 12.1 Å². The summed E-state index contributed by atoms with van der Waals surface area (Å²) >= 11 is 0. The van der Waals surface area contributed by atoms with Gasteiger partial charge in [0, 0.05) is 32.5 Å². The molecule has 1 aromatic carbocycles. The lowest BCUT2D eigenvalue weighted by atomic mass is 9.89. The summed E-state index contributed by atoms with van der Waals surface area (Å²) in [5.74, 6) is -9.01. The van der Waals surface area contributed by atoms with Crippen molar-refractivity contribution in [2.75, 3.05) is 13.2 Å². The normalized spacial score (nSPS) is 16.9. The summed E-state index contributed by atoms with van der Waals surface area (Å²) in [5, 5.41) is 5.91. The number of amides is 1. The smallest absolute Gasteiger partial charge is 0.355 e. The predicted molar refractivity (Wildman–Crippen MR) is 83.8 cm³/mol. The number of aromatic nitrogens is 2. The number of ether oxygens (including phenoxy) is 1. The minimum Gasteiger partial charge on any atom is -0.381 e. The SMILES string of the molecule is CCc1noc(C2(NC(=O)C(F)(F)c3c(F)cccc3F)CCOCC2)n1. The number of carbonyl (C=O) groups excluding carboxylic acids is 1. The van der Waals surface area contributed by atoms with Crippen molar-refractivity contribution in [3.8, 4) is 0 Å². The quantitative estimate of drug-likeness (QED) is 0.799. The Morgan fingerprint density at radius 2 is 1.89 bits per heavy atom. The van der Waals surface area contributed by atoms with Crippen LogP contribution in [0, 0.1) is 11.6 Å². The molecule has 1 aliphatic rings. The largest absolute Gasteiger partial charge is 0.381 e. The first-order chi connectivity index (χ1) is 12.8. The van der Waals surface area contributed by atoms with E-state index in [1.165, 1.54) is 0 Å². The van der Waals surface area contributed by atoms with Crippen molar-refractivity contribution in [3.63, 3.8) is 0 Å². The maximum Gasteiger partial charge on any atom is 0.355 e. The molecule has 1 saturated heterocycles. The maximum atomic E-state index is 14.6. The minimum absolute atomic E-state index is 0.0409. The Morgan fingerprint density at radius 1 is 1.26 bits per heavy atom. The van der Waals surface area contributed by atoms with E-state index in [2.05, 4.69) is 15.5 Å². The number of hydrogen-bond acceptors (Lipinski definition) is 5. The minimum atomic E-state index is -4.44. The van der Waals surface area contributed by atoms with Gasteiger partial charge in [-0.15, -0.1) is 0 Å². The third kappa shape index (κ3) is 3.53. The van der Waals surface area contributed by atoms with Gasteiger partial charge in [0.25, 0.3) is 11.8 Å². The van der Waals surface area contributed by atoms with E-state index >= 15 is 0 Å². The lowest BCUT2D eigenvalue weighted by molar-refractivity contribution is -0.152. The molecule has 0 aliphatic carbocycles. The van der Waals surface area contributed by atoms with Crippen LogP contribution in [0.25, 0.3) is 0 Å². The van der Waals surface area contributed by atoms with E-state index in [0.717, 1.165) is 6.07 Å². The summed E-state index contributed by atoms with van der Waals surface area (Å²) in [6.45, 7) is 2.09. The van der Waals surface area contributed by atoms with Crippen LogP contribution in [0.15, 0.2) is 22.7 Å². The highest BCUT2D eigenvalue weighted by Crippen LogP contribution is 2.36. The van der Waals surface area contributed by atoms with E-state index < -0.39 is 34.6 Å². The fraction of sp³-hybridized carbons (Fsp3) is 0.471. The molecule has 0 unspecified atom stereocenters. The van der Waals surface area contributed by atoms with Crippen LogP contribution < -0.4 is 5.32 Å². The molecule has 0 radical (unpaired) electrons. The number of carbonyl (C=O) groups is 1.